The summed E-state index contributed by atoms with van der Waals surface area (Å²) in [5.41, 5.74) is 2.19. The van der Waals surface area contributed by atoms with Crippen LogP contribution in [0.4, 0.5) is 10.8 Å². The molecule has 0 spiro atoms. The van der Waals surface area contributed by atoms with Crippen molar-refractivity contribution < 1.29 is 24.0 Å². The van der Waals surface area contributed by atoms with Gasteiger partial charge in [-0.1, -0.05) is 12.1 Å². The molecule has 3 aromatic rings. The Morgan fingerprint density at radius 3 is 2.78 bits per heavy atom. The molecule has 0 aliphatic carbocycles. The number of amides is 1. The number of hydrogen-bond acceptors (Lipinski definition) is 8. The molecule has 1 amide bonds. The molecule has 2 aromatic carbocycles. The molecule has 164 valence electrons. The molecule has 1 aromatic heterocycles. The summed E-state index contributed by atoms with van der Waals surface area (Å²) in [6.45, 7) is 0.182. The topological polar surface area (TPSA) is 112 Å². The molecule has 1 aliphatic heterocycles. The number of nitrogens with zero attached hydrogens (tertiary/aromatic N) is 3. The monoisotopic (exact) mass is 453 g/mol. The molecule has 1 aliphatic rings. The van der Waals surface area contributed by atoms with E-state index in [9.17, 15) is 19.7 Å². The summed E-state index contributed by atoms with van der Waals surface area (Å²) < 4.78 is 10.6. The van der Waals surface area contributed by atoms with Gasteiger partial charge in [-0.2, -0.15) is 0 Å². The van der Waals surface area contributed by atoms with Gasteiger partial charge in [0.25, 0.3) is 5.69 Å². The molecular formula is C22H19N3O6S. The zero-order valence-electron chi connectivity index (χ0n) is 17.1. The molecule has 4 rings (SSSR count). The van der Waals surface area contributed by atoms with Crippen molar-refractivity contribution in [3.05, 3.63) is 69.6 Å². The number of hydrogen-bond donors (Lipinski definition) is 0. The Bertz CT molecular complexity index is 1160. The molecule has 32 heavy (non-hydrogen) atoms. The third kappa shape index (κ3) is 4.59. The molecule has 0 bridgehead atoms. The molecule has 9 nitrogen and oxygen atoms in total. The van der Waals surface area contributed by atoms with E-state index in [4.69, 9.17) is 9.47 Å². The Balaban J connectivity index is 1.38. The van der Waals surface area contributed by atoms with E-state index in [1.807, 2.05) is 29.6 Å². The fourth-order valence-electron chi connectivity index (χ4n) is 3.34. The molecule has 2 heterocycles. The predicted molar refractivity (Wildman–Crippen MR) is 117 cm³/mol. The highest BCUT2D eigenvalue weighted by molar-refractivity contribution is 7.14. The Kier molecular flexibility index (Phi) is 6.13. The van der Waals surface area contributed by atoms with Gasteiger partial charge in [0, 0.05) is 36.0 Å². The standard InChI is InChI=1S/C22H19N3O6S/c1-30-18-4-2-3-15(9-18)19-13-32-22(23-19)24-11-16(10-20(24)26)21(27)31-12-14-5-7-17(8-6-14)25(28)29/h2-9,13,16H,10-12H2,1H3. The molecule has 1 unspecified atom stereocenters. The summed E-state index contributed by atoms with van der Waals surface area (Å²) in [4.78, 5) is 41.3. The van der Waals surface area contributed by atoms with Crippen LogP contribution in [-0.2, 0) is 20.9 Å². The Labute approximate surface area is 187 Å². The summed E-state index contributed by atoms with van der Waals surface area (Å²) in [5.74, 6) is -0.549. The lowest BCUT2D eigenvalue weighted by atomic mass is 10.1. The second kappa shape index (κ2) is 9.15. The maximum atomic E-state index is 12.5. The zero-order chi connectivity index (χ0) is 22.7. The fraction of sp³-hybridized carbons (Fsp3) is 0.227. The van der Waals surface area contributed by atoms with Crippen molar-refractivity contribution in [3.8, 4) is 17.0 Å². The second-order valence-electron chi connectivity index (χ2n) is 7.18. The Morgan fingerprint density at radius 2 is 2.06 bits per heavy atom. The van der Waals surface area contributed by atoms with Gasteiger partial charge in [0.05, 0.1) is 23.6 Å². The number of carbonyl (C=O) groups is 2. The number of methoxy groups -OCH3 is 1. The van der Waals surface area contributed by atoms with Gasteiger partial charge in [-0.25, -0.2) is 4.98 Å². The summed E-state index contributed by atoms with van der Waals surface area (Å²) in [6, 6.07) is 13.3. The molecule has 1 atom stereocenters. The maximum Gasteiger partial charge on any atom is 0.311 e. The van der Waals surface area contributed by atoms with Crippen molar-refractivity contribution in [1.82, 2.24) is 4.98 Å². The SMILES string of the molecule is COc1cccc(-c2csc(N3CC(C(=O)OCc4ccc([N+](=O)[O-])cc4)CC3=O)n2)c1. The average Bonchev–Trinajstić information content (AvgIpc) is 3.44. The number of aromatic nitrogens is 1. The number of nitro benzene ring substituents is 1. The lowest BCUT2D eigenvalue weighted by Crippen LogP contribution is -2.26. The lowest BCUT2D eigenvalue weighted by Gasteiger charge is -2.13. The van der Waals surface area contributed by atoms with Crippen molar-refractivity contribution in [1.29, 1.82) is 0 Å². The van der Waals surface area contributed by atoms with Crippen molar-refractivity contribution in [2.75, 3.05) is 18.6 Å². The highest BCUT2D eigenvalue weighted by Crippen LogP contribution is 2.33. The van der Waals surface area contributed by atoms with Gasteiger partial charge < -0.3 is 9.47 Å². The van der Waals surface area contributed by atoms with E-state index in [0.29, 0.717) is 16.4 Å². The number of nitro groups is 1. The number of anilines is 1. The highest BCUT2D eigenvalue weighted by Gasteiger charge is 2.37. The van der Waals surface area contributed by atoms with Gasteiger partial charge in [0.1, 0.15) is 12.4 Å². The van der Waals surface area contributed by atoms with E-state index in [0.717, 1.165) is 11.3 Å². The van der Waals surface area contributed by atoms with Crippen molar-refractivity contribution in [2.45, 2.75) is 13.0 Å². The first-order chi connectivity index (χ1) is 15.4. The maximum absolute atomic E-state index is 12.5. The molecule has 10 heteroatoms. The molecule has 0 saturated carbocycles. The summed E-state index contributed by atoms with van der Waals surface area (Å²) in [6.07, 6.45) is 0.0488. The minimum atomic E-state index is -0.593. The molecular weight excluding hydrogens is 434 g/mol. The van der Waals surface area contributed by atoms with Crippen molar-refractivity contribution in [3.63, 3.8) is 0 Å². The van der Waals surface area contributed by atoms with Crippen LogP contribution >= 0.6 is 11.3 Å². The first kappa shape index (κ1) is 21.4. The molecule has 0 N–H and O–H groups in total. The third-order valence-electron chi connectivity index (χ3n) is 5.08. The predicted octanol–water partition coefficient (Wildman–Crippen LogP) is 3.82. The van der Waals surface area contributed by atoms with Crippen LogP contribution < -0.4 is 9.64 Å². The summed E-state index contributed by atoms with van der Waals surface area (Å²) >= 11 is 1.33. The van der Waals surface area contributed by atoms with Crippen LogP contribution in [0.15, 0.2) is 53.9 Å². The van der Waals surface area contributed by atoms with Crippen molar-refractivity contribution in [2.24, 2.45) is 5.92 Å². The molecule has 0 radical (unpaired) electrons. The summed E-state index contributed by atoms with van der Waals surface area (Å²) in [5, 5.41) is 13.1. The van der Waals surface area contributed by atoms with Gasteiger partial charge in [0.15, 0.2) is 5.13 Å². The number of ether oxygens (including phenoxy) is 2. The van der Waals surface area contributed by atoms with E-state index < -0.39 is 16.8 Å². The first-order valence-corrected chi connectivity index (χ1v) is 10.6. The number of rotatable bonds is 7. The van der Waals surface area contributed by atoms with Gasteiger partial charge in [-0.15, -0.1) is 11.3 Å². The number of esters is 1. The largest absolute Gasteiger partial charge is 0.497 e. The van der Waals surface area contributed by atoms with E-state index in [1.165, 1.54) is 40.5 Å². The smallest absolute Gasteiger partial charge is 0.311 e. The number of carbonyl (C=O) groups excluding carboxylic acids is 2. The van der Waals surface area contributed by atoms with Crippen LogP contribution in [0.2, 0.25) is 0 Å². The first-order valence-electron chi connectivity index (χ1n) is 9.75. The van der Waals surface area contributed by atoms with Gasteiger partial charge in [-0.3, -0.25) is 24.6 Å². The minimum Gasteiger partial charge on any atom is -0.497 e. The third-order valence-corrected chi connectivity index (χ3v) is 5.94. The Morgan fingerprint density at radius 1 is 1.28 bits per heavy atom. The van der Waals surface area contributed by atoms with E-state index >= 15 is 0 Å². The average molecular weight is 453 g/mol. The Hall–Kier alpha value is -3.79. The van der Waals surface area contributed by atoms with Crippen LogP contribution in [0.3, 0.4) is 0 Å². The minimum absolute atomic E-state index is 0.0151. The van der Waals surface area contributed by atoms with Crippen LogP contribution in [0.25, 0.3) is 11.3 Å². The molecule has 1 fully saturated rings. The van der Waals surface area contributed by atoms with Crippen molar-refractivity contribution >= 4 is 34.0 Å². The van der Waals surface area contributed by atoms with E-state index in [-0.39, 0.29) is 31.2 Å². The van der Waals surface area contributed by atoms with Crippen LogP contribution in [-0.4, -0.2) is 35.4 Å². The van der Waals surface area contributed by atoms with Crippen LogP contribution in [0.1, 0.15) is 12.0 Å². The fourth-order valence-corrected chi connectivity index (χ4v) is 4.20. The van der Waals surface area contributed by atoms with E-state index in [1.54, 1.807) is 7.11 Å². The van der Waals surface area contributed by atoms with E-state index in [2.05, 4.69) is 4.98 Å². The number of benzene rings is 2. The quantitative estimate of drug-likeness (QED) is 0.304. The van der Waals surface area contributed by atoms with Gasteiger partial charge in [-0.05, 0) is 29.8 Å². The van der Waals surface area contributed by atoms with Gasteiger partial charge in [0.2, 0.25) is 5.91 Å². The molecule has 1 saturated heterocycles. The highest BCUT2D eigenvalue weighted by atomic mass is 32.1. The lowest BCUT2D eigenvalue weighted by molar-refractivity contribution is -0.384. The normalized spacial score (nSPS) is 15.6. The summed E-state index contributed by atoms with van der Waals surface area (Å²) in [7, 11) is 1.59. The number of non-ortho nitro benzene ring substituents is 1. The van der Waals surface area contributed by atoms with Gasteiger partial charge >= 0.3 is 5.97 Å². The van der Waals surface area contributed by atoms with Crippen LogP contribution in [0, 0.1) is 16.0 Å². The van der Waals surface area contributed by atoms with Crippen LogP contribution in [0.5, 0.6) is 5.75 Å². The second-order valence-corrected chi connectivity index (χ2v) is 8.02. The zero-order valence-corrected chi connectivity index (χ0v) is 17.9. The number of thiazole rings is 1.